The molecule has 2 rings (SSSR count). The highest BCUT2D eigenvalue weighted by Crippen LogP contribution is 2.18. The molecule has 1 aliphatic rings. The molecule has 3 N–H and O–H groups in total. The Morgan fingerprint density at radius 3 is 2.67 bits per heavy atom. The number of piperidine rings is 1. The summed E-state index contributed by atoms with van der Waals surface area (Å²) >= 11 is 0. The summed E-state index contributed by atoms with van der Waals surface area (Å²) in [7, 11) is 1.42. The summed E-state index contributed by atoms with van der Waals surface area (Å²) in [5.74, 6) is -0.591. The maximum absolute atomic E-state index is 13.6. The molecule has 2 amide bonds. The number of ether oxygens (including phenoxy) is 1. The van der Waals surface area contributed by atoms with Crippen LogP contribution in [0, 0.1) is 5.82 Å². The van der Waals surface area contributed by atoms with Crippen LogP contribution < -0.4 is 15.8 Å². The third-order valence-electron chi connectivity index (χ3n) is 4.19. The molecule has 0 unspecified atom stereocenters. The average Bonchev–Trinajstić information content (AvgIpc) is 2.54. The maximum Gasteiger partial charge on any atom is 0.231 e. The SMILES string of the molecule is COc1ccc(CCC(=O)NC2CCN(CC(N)=O)CC2)cc1F. The van der Waals surface area contributed by atoms with E-state index < -0.39 is 5.82 Å². The van der Waals surface area contributed by atoms with Crippen molar-refractivity contribution in [2.45, 2.75) is 31.7 Å². The lowest BCUT2D eigenvalue weighted by atomic mass is 10.0. The van der Waals surface area contributed by atoms with Crippen LogP contribution in [-0.4, -0.2) is 49.5 Å². The Hall–Kier alpha value is -2.15. The van der Waals surface area contributed by atoms with Gasteiger partial charge in [0.25, 0.3) is 0 Å². The molecule has 0 saturated carbocycles. The van der Waals surface area contributed by atoms with Gasteiger partial charge < -0.3 is 15.8 Å². The molecule has 132 valence electrons. The molecule has 0 radical (unpaired) electrons. The van der Waals surface area contributed by atoms with Crippen LogP contribution >= 0.6 is 0 Å². The first kappa shape index (κ1) is 18.2. The van der Waals surface area contributed by atoms with Crippen LogP contribution in [0.5, 0.6) is 5.75 Å². The second-order valence-corrected chi connectivity index (χ2v) is 6.05. The largest absolute Gasteiger partial charge is 0.494 e. The van der Waals surface area contributed by atoms with Gasteiger partial charge in [0.15, 0.2) is 11.6 Å². The molecular weight excluding hydrogens is 313 g/mol. The van der Waals surface area contributed by atoms with Gasteiger partial charge in [0.2, 0.25) is 11.8 Å². The number of aryl methyl sites for hydroxylation is 1. The first-order chi connectivity index (χ1) is 11.5. The van der Waals surface area contributed by atoms with E-state index in [0.717, 1.165) is 31.5 Å². The van der Waals surface area contributed by atoms with E-state index in [4.69, 9.17) is 10.5 Å². The molecule has 1 heterocycles. The minimum absolute atomic E-state index is 0.0421. The van der Waals surface area contributed by atoms with Crippen LogP contribution in [0.1, 0.15) is 24.8 Å². The number of halogens is 1. The smallest absolute Gasteiger partial charge is 0.231 e. The molecule has 0 bridgehead atoms. The zero-order chi connectivity index (χ0) is 17.5. The summed E-state index contributed by atoms with van der Waals surface area (Å²) in [4.78, 5) is 24.9. The summed E-state index contributed by atoms with van der Waals surface area (Å²) in [6, 6.07) is 4.84. The highest BCUT2D eigenvalue weighted by molar-refractivity contribution is 5.76. The van der Waals surface area contributed by atoms with E-state index in [2.05, 4.69) is 5.32 Å². The Balaban J connectivity index is 1.72. The Labute approximate surface area is 141 Å². The predicted octanol–water partition coefficient (Wildman–Crippen LogP) is 0.833. The van der Waals surface area contributed by atoms with Crippen molar-refractivity contribution in [3.8, 4) is 5.75 Å². The zero-order valence-corrected chi connectivity index (χ0v) is 13.9. The molecule has 0 spiro atoms. The summed E-state index contributed by atoms with van der Waals surface area (Å²) in [6.07, 6.45) is 2.40. The van der Waals surface area contributed by atoms with Crippen LogP contribution in [0.4, 0.5) is 4.39 Å². The molecule has 1 aromatic carbocycles. The third-order valence-corrected chi connectivity index (χ3v) is 4.19. The van der Waals surface area contributed by atoms with E-state index in [0.29, 0.717) is 12.8 Å². The first-order valence-electron chi connectivity index (χ1n) is 8.10. The second kappa shape index (κ2) is 8.63. The maximum atomic E-state index is 13.6. The molecule has 1 aliphatic heterocycles. The quantitative estimate of drug-likeness (QED) is 0.772. The van der Waals surface area contributed by atoms with E-state index in [9.17, 15) is 14.0 Å². The molecule has 1 aromatic rings. The minimum Gasteiger partial charge on any atom is -0.494 e. The van der Waals surface area contributed by atoms with Gasteiger partial charge in [-0.1, -0.05) is 6.07 Å². The highest BCUT2D eigenvalue weighted by Gasteiger charge is 2.21. The molecule has 1 fully saturated rings. The van der Waals surface area contributed by atoms with Gasteiger partial charge in [-0.3, -0.25) is 14.5 Å². The number of nitrogens with one attached hydrogen (secondary N) is 1. The van der Waals surface area contributed by atoms with Crippen molar-refractivity contribution in [3.05, 3.63) is 29.6 Å². The van der Waals surface area contributed by atoms with Gasteiger partial charge in [-0.05, 0) is 37.0 Å². The number of carbonyl (C=O) groups is 2. The van der Waals surface area contributed by atoms with Gasteiger partial charge >= 0.3 is 0 Å². The van der Waals surface area contributed by atoms with Crippen LogP contribution in [0.3, 0.4) is 0 Å². The number of carbonyl (C=O) groups excluding carboxylic acids is 2. The van der Waals surface area contributed by atoms with Crippen LogP contribution in [0.2, 0.25) is 0 Å². The Bertz CT molecular complexity index is 586. The highest BCUT2D eigenvalue weighted by atomic mass is 19.1. The van der Waals surface area contributed by atoms with Crippen LogP contribution in [0.25, 0.3) is 0 Å². The fourth-order valence-electron chi connectivity index (χ4n) is 2.88. The molecule has 0 aromatic heterocycles. The van der Waals surface area contributed by atoms with Gasteiger partial charge in [0.05, 0.1) is 13.7 Å². The summed E-state index contributed by atoms with van der Waals surface area (Å²) in [6.45, 7) is 1.76. The Morgan fingerprint density at radius 1 is 1.38 bits per heavy atom. The number of benzene rings is 1. The standard InChI is InChI=1S/C17H24FN3O3/c1-24-15-4-2-12(10-14(15)18)3-5-17(23)20-13-6-8-21(9-7-13)11-16(19)22/h2,4,10,13H,3,5-9,11H2,1H3,(H2,19,22)(H,20,23). The number of hydrogen-bond acceptors (Lipinski definition) is 4. The Kier molecular flexibility index (Phi) is 6.54. The summed E-state index contributed by atoms with van der Waals surface area (Å²) in [5, 5.41) is 3.00. The number of primary amides is 1. The lowest BCUT2D eigenvalue weighted by Gasteiger charge is -2.31. The van der Waals surface area contributed by atoms with E-state index >= 15 is 0 Å². The first-order valence-corrected chi connectivity index (χ1v) is 8.10. The monoisotopic (exact) mass is 337 g/mol. The van der Waals surface area contributed by atoms with Crippen molar-refractivity contribution in [1.29, 1.82) is 0 Å². The second-order valence-electron chi connectivity index (χ2n) is 6.05. The number of likely N-dealkylation sites (tertiary alicyclic amines) is 1. The number of nitrogens with two attached hydrogens (primary N) is 1. The summed E-state index contributed by atoms with van der Waals surface area (Å²) in [5.41, 5.74) is 5.94. The van der Waals surface area contributed by atoms with Crippen molar-refractivity contribution in [2.24, 2.45) is 5.73 Å². The number of hydrogen-bond donors (Lipinski definition) is 2. The van der Waals surface area contributed by atoms with Gasteiger partial charge in [-0.2, -0.15) is 0 Å². The topological polar surface area (TPSA) is 84.7 Å². The van der Waals surface area contributed by atoms with E-state index in [1.54, 1.807) is 12.1 Å². The molecule has 7 heteroatoms. The number of amides is 2. The van der Waals surface area contributed by atoms with E-state index in [1.807, 2.05) is 4.90 Å². The zero-order valence-electron chi connectivity index (χ0n) is 13.9. The van der Waals surface area contributed by atoms with Crippen molar-refractivity contribution in [1.82, 2.24) is 10.2 Å². The van der Waals surface area contributed by atoms with Crippen LogP contribution in [-0.2, 0) is 16.0 Å². The van der Waals surface area contributed by atoms with Crippen LogP contribution in [0.15, 0.2) is 18.2 Å². The Morgan fingerprint density at radius 2 is 2.08 bits per heavy atom. The van der Waals surface area contributed by atoms with Crippen molar-refractivity contribution in [3.63, 3.8) is 0 Å². The molecule has 24 heavy (non-hydrogen) atoms. The molecule has 0 aliphatic carbocycles. The molecule has 0 atom stereocenters. The van der Waals surface area contributed by atoms with Crippen molar-refractivity contribution >= 4 is 11.8 Å². The van der Waals surface area contributed by atoms with Crippen molar-refractivity contribution in [2.75, 3.05) is 26.7 Å². The predicted molar refractivity (Wildman–Crippen MR) is 88.1 cm³/mol. The molecule has 1 saturated heterocycles. The number of nitrogens with zero attached hydrogens (tertiary/aromatic N) is 1. The van der Waals surface area contributed by atoms with Gasteiger partial charge in [-0.15, -0.1) is 0 Å². The number of rotatable bonds is 7. The average molecular weight is 337 g/mol. The van der Waals surface area contributed by atoms with E-state index in [-0.39, 0.29) is 30.2 Å². The normalized spacial score (nSPS) is 15.9. The van der Waals surface area contributed by atoms with Gasteiger partial charge in [0, 0.05) is 25.6 Å². The van der Waals surface area contributed by atoms with E-state index in [1.165, 1.54) is 13.2 Å². The molecular formula is C17H24FN3O3. The minimum atomic E-state index is -0.419. The van der Waals surface area contributed by atoms with Gasteiger partial charge in [-0.25, -0.2) is 4.39 Å². The lowest BCUT2D eigenvalue weighted by Crippen LogP contribution is -2.46. The van der Waals surface area contributed by atoms with Gasteiger partial charge in [0.1, 0.15) is 0 Å². The molecule has 6 nitrogen and oxygen atoms in total. The van der Waals surface area contributed by atoms with Crippen molar-refractivity contribution < 1.29 is 18.7 Å². The lowest BCUT2D eigenvalue weighted by molar-refractivity contribution is -0.123. The number of methoxy groups -OCH3 is 1. The fourth-order valence-corrected chi connectivity index (χ4v) is 2.88. The third kappa shape index (κ3) is 5.49. The fraction of sp³-hybridized carbons (Fsp3) is 0.529. The summed E-state index contributed by atoms with van der Waals surface area (Å²) < 4.78 is 18.5.